The molecular weight excluding hydrogens is 250 g/mol. The van der Waals surface area contributed by atoms with E-state index in [1.54, 1.807) is 6.20 Å². The first kappa shape index (κ1) is 12.8. The van der Waals surface area contributed by atoms with Gasteiger partial charge in [-0.15, -0.1) is 0 Å². The van der Waals surface area contributed by atoms with Crippen molar-refractivity contribution in [3.63, 3.8) is 0 Å². The average Bonchev–Trinajstić information content (AvgIpc) is 2.36. The molecule has 2 rings (SSSR count). The van der Waals surface area contributed by atoms with Crippen molar-refractivity contribution in [2.24, 2.45) is 0 Å². The summed E-state index contributed by atoms with van der Waals surface area (Å²) in [5, 5.41) is 0.446. The van der Waals surface area contributed by atoms with Crippen LogP contribution in [0.25, 0.3) is 0 Å². The average molecular weight is 264 g/mol. The fourth-order valence-electron chi connectivity index (χ4n) is 1.55. The van der Waals surface area contributed by atoms with Crippen LogP contribution in [0.2, 0.25) is 5.15 Å². The molecule has 0 saturated heterocycles. The second kappa shape index (κ2) is 5.78. The van der Waals surface area contributed by atoms with Crippen molar-refractivity contribution in [2.45, 2.75) is 26.7 Å². The summed E-state index contributed by atoms with van der Waals surface area (Å²) in [5.74, 6) is 1.15. The maximum atomic E-state index is 6.05. The van der Waals surface area contributed by atoms with Crippen molar-refractivity contribution in [2.75, 3.05) is 0 Å². The van der Waals surface area contributed by atoms with E-state index in [-0.39, 0.29) is 0 Å². The second-order valence-electron chi connectivity index (χ2n) is 3.94. The molecule has 0 radical (unpaired) electrons. The van der Waals surface area contributed by atoms with Crippen LogP contribution >= 0.6 is 11.6 Å². The summed E-state index contributed by atoms with van der Waals surface area (Å²) in [6, 6.07) is 3.74. The molecule has 0 N–H and O–H groups in total. The molecule has 2 heterocycles. The van der Waals surface area contributed by atoms with E-state index in [9.17, 15) is 0 Å². The molecule has 0 atom stereocenters. The Morgan fingerprint density at radius 2 is 2.06 bits per heavy atom. The van der Waals surface area contributed by atoms with Crippen molar-refractivity contribution in [3.8, 4) is 11.6 Å². The predicted octanol–water partition coefficient (Wildman–Crippen LogP) is 3.58. The van der Waals surface area contributed by atoms with Gasteiger partial charge in [-0.1, -0.05) is 24.9 Å². The van der Waals surface area contributed by atoms with Crippen molar-refractivity contribution in [1.29, 1.82) is 0 Å². The van der Waals surface area contributed by atoms with E-state index < -0.39 is 0 Å². The lowest BCUT2D eigenvalue weighted by atomic mass is 10.2. The van der Waals surface area contributed by atoms with E-state index in [1.807, 2.05) is 19.1 Å². The Morgan fingerprint density at radius 1 is 1.22 bits per heavy atom. The number of pyridine rings is 1. The number of hydrogen-bond donors (Lipinski definition) is 0. The highest BCUT2D eigenvalue weighted by atomic mass is 35.5. The van der Waals surface area contributed by atoms with E-state index in [4.69, 9.17) is 16.3 Å². The molecule has 0 aliphatic rings. The molecule has 0 saturated carbocycles. The van der Waals surface area contributed by atoms with E-state index in [2.05, 4.69) is 21.9 Å². The van der Waals surface area contributed by atoms with Crippen LogP contribution < -0.4 is 4.74 Å². The summed E-state index contributed by atoms with van der Waals surface area (Å²) in [5.41, 5.74) is 1.78. The SMILES string of the molecule is CCCc1c(Cl)ncnc1Oc1ccc(C)nc1. The van der Waals surface area contributed by atoms with Gasteiger partial charge < -0.3 is 4.74 Å². The van der Waals surface area contributed by atoms with Gasteiger partial charge in [0.2, 0.25) is 5.88 Å². The van der Waals surface area contributed by atoms with Gasteiger partial charge in [0.1, 0.15) is 17.2 Å². The smallest absolute Gasteiger partial charge is 0.227 e. The van der Waals surface area contributed by atoms with Gasteiger partial charge in [-0.25, -0.2) is 9.97 Å². The molecular formula is C13H14ClN3O. The Labute approximate surface area is 111 Å². The topological polar surface area (TPSA) is 47.9 Å². The number of ether oxygens (including phenoxy) is 1. The fraction of sp³-hybridized carbons (Fsp3) is 0.308. The summed E-state index contributed by atoms with van der Waals surface area (Å²) >= 11 is 6.05. The van der Waals surface area contributed by atoms with Gasteiger partial charge in [0.05, 0.1) is 11.8 Å². The standard InChI is InChI=1S/C13H14ClN3O/c1-3-4-11-12(14)16-8-17-13(11)18-10-6-5-9(2)15-7-10/h5-8H,3-4H2,1-2H3. The Hall–Kier alpha value is -1.68. The van der Waals surface area contributed by atoms with Gasteiger partial charge in [-0.05, 0) is 25.5 Å². The molecule has 18 heavy (non-hydrogen) atoms. The van der Waals surface area contributed by atoms with Crippen LogP contribution in [0.3, 0.4) is 0 Å². The molecule has 5 heteroatoms. The van der Waals surface area contributed by atoms with Gasteiger partial charge in [-0.2, -0.15) is 0 Å². The fourth-order valence-corrected chi connectivity index (χ4v) is 1.77. The molecule has 0 amide bonds. The second-order valence-corrected chi connectivity index (χ2v) is 4.29. The van der Waals surface area contributed by atoms with E-state index >= 15 is 0 Å². The van der Waals surface area contributed by atoms with Crippen molar-refractivity contribution in [3.05, 3.63) is 41.1 Å². The summed E-state index contributed by atoms with van der Waals surface area (Å²) in [6.45, 7) is 3.99. The normalized spacial score (nSPS) is 10.4. The molecule has 2 aromatic heterocycles. The minimum Gasteiger partial charge on any atom is -0.437 e. The van der Waals surface area contributed by atoms with Gasteiger partial charge >= 0.3 is 0 Å². The molecule has 0 bridgehead atoms. The summed E-state index contributed by atoms with van der Waals surface area (Å²) in [7, 11) is 0. The molecule has 0 aliphatic heterocycles. The molecule has 0 unspecified atom stereocenters. The van der Waals surface area contributed by atoms with Crippen LogP contribution in [0, 0.1) is 6.92 Å². The predicted molar refractivity (Wildman–Crippen MR) is 70.1 cm³/mol. The number of hydrogen-bond acceptors (Lipinski definition) is 4. The first-order valence-electron chi connectivity index (χ1n) is 5.80. The zero-order valence-corrected chi connectivity index (χ0v) is 11.1. The molecule has 94 valence electrons. The monoisotopic (exact) mass is 263 g/mol. The zero-order chi connectivity index (χ0) is 13.0. The first-order chi connectivity index (χ1) is 8.70. The highest BCUT2D eigenvalue weighted by Gasteiger charge is 2.11. The minimum atomic E-state index is 0.446. The molecule has 0 fully saturated rings. The molecule has 0 spiro atoms. The highest BCUT2D eigenvalue weighted by Crippen LogP contribution is 2.27. The van der Waals surface area contributed by atoms with E-state index in [0.717, 1.165) is 24.1 Å². The van der Waals surface area contributed by atoms with Crippen molar-refractivity contribution >= 4 is 11.6 Å². The lowest BCUT2D eigenvalue weighted by Gasteiger charge is -2.09. The molecule has 0 aliphatic carbocycles. The highest BCUT2D eigenvalue weighted by molar-refractivity contribution is 6.30. The van der Waals surface area contributed by atoms with Crippen molar-refractivity contribution in [1.82, 2.24) is 15.0 Å². The van der Waals surface area contributed by atoms with Crippen LogP contribution in [0.1, 0.15) is 24.6 Å². The summed E-state index contributed by atoms with van der Waals surface area (Å²) < 4.78 is 5.70. The Balaban J connectivity index is 2.28. The Morgan fingerprint density at radius 3 is 2.72 bits per heavy atom. The number of halogens is 1. The number of nitrogens with zero attached hydrogens (tertiary/aromatic N) is 3. The zero-order valence-electron chi connectivity index (χ0n) is 10.4. The lowest BCUT2D eigenvalue weighted by molar-refractivity contribution is 0.451. The van der Waals surface area contributed by atoms with E-state index in [0.29, 0.717) is 16.8 Å². The van der Waals surface area contributed by atoms with Crippen LogP contribution in [-0.2, 0) is 6.42 Å². The summed E-state index contributed by atoms with van der Waals surface area (Å²) in [4.78, 5) is 12.3. The van der Waals surface area contributed by atoms with Crippen molar-refractivity contribution < 1.29 is 4.74 Å². The lowest BCUT2D eigenvalue weighted by Crippen LogP contribution is -1.98. The third-order valence-electron chi connectivity index (χ3n) is 2.45. The number of aryl methyl sites for hydroxylation is 1. The molecule has 0 aromatic carbocycles. The number of aromatic nitrogens is 3. The quantitative estimate of drug-likeness (QED) is 0.791. The molecule has 2 aromatic rings. The Bertz CT molecular complexity index is 528. The van der Waals surface area contributed by atoms with Crippen LogP contribution in [0.4, 0.5) is 0 Å². The van der Waals surface area contributed by atoms with Crippen LogP contribution in [-0.4, -0.2) is 15.0 Å². The largest absolute Gasteiger partial charge is 0.437 e. The first-order valence-corrected chi connectivity index (χ1v) is 6.18. The number of rotatable bonds is 4. The maximum Gasteiger partial charge on any atom is 0.227 e. The third kappa shape index (κ3) is 2.96. The molecule has 4 nitrogen and oxygen atoms in total. The Kier molecular flexibility index (Phi) is 4.10. The minimum absolute atomic E-state index is 0.446. The van der Waals surface area contributed by atoms with Gasteiger partial charge in [-0.3, -0.25) is 4.98 Å². The summed E-state index contributed by atoms with van der Waals surface area (Å²) in [6.07, 6.45) is 4.81. The maximum absolute atomic E-state index is 6.05. The van der Waals surface area contributed by atoms with Gasteiger partial charge in [0.15, 0.2) is 0 Å². The van der Waals surface area contributed by atoms with E-state index in [1.165, 1.54) is 6.33 Å². The van der Waals surface area contributed by atoms with Gasteiger partial charge in [0.25, 0.3) is 0 Å². The van der Waals surface area contributed by atoms with Crippen LogP contribution in [0.15, 0.2) is 24.7 Å². The third-order valence-corrected chi connectivity index (χ3v) is 2.78. The van der Waals surface area contributed by atoms with Crippen LogP contribution in [0.5, 0.6) is 11.6 Å². The van der Waals surface area contributed by atoms with Gasteiger partial charge in [0, 0.05) is 5.69 Å².